The van der Waals surface area contributed by atoms with E-state index in [9.17, 15) is 13.2 Å². The molecule has 2 heterocycles. The SMILES string of the molecule is O=C(C1CCN(S(=O)(=O)c2ccc3ccccc3c2)CC1)N(Cc1ccco1)C1CC1. The lowest BCUT2D eigenvalue weighted by atomic mass is 9.96. The van der Waals surface area contributed by atoms with Crippen LogP contribution in [0.3, 0.4) is 0 Å². The highest BCUT2D eigenvalue weighted by Gasteiger charge is 2.39. The van der Waals surface area contributed by atoms with Gasteiger partial charge in [0.1, 0.15) is 5.76 Å². The van der Waals surface area contributed by atoms with Crippen molar-refractivity contribution < 1.29 is 17.6 Å². The molecule has 1 aliphatic carbocycles. The molecule has 5 rings (SSSR count). The van der Waals surface area contributed by atoms with E-state index in [-0.39, 0.29) is 17.9 Å². The van der Waals surface area contributed by atoms with Gasteiger partial charge in [0.2, 0.25) is 15.9 Å². The van der Waals surface area contributed by atoms with Crippen LogP contribution in [0.2, 0.25) is 0 Å². The molecular formula is C24H26N2O4S. The van der Waals surface area contributed by atoms with Gasteiger partial charge in [0.05, 0.1) is 17.7 Å². The van der Waals surface area contributed by atoms with Gasteiger partial charge >= 0.3 is 0 Å². The summed E-state index contributed by atoms with van der Waals surface area (Å²) in [5.74, 6) is 0.775. The number of hydrogen-bond donors (Lipinski definition) is 0. The van der Waals surface area contributed by atoms with Crippen molar-refractivity contribution in [2.24, 2.45) is 5.92 Å². The van der Waals surface area contributed by atoms with Gasteiger partial charge in [-0.1, -0.05) is 30.3 Å². The summed E-state index contributed by atoms with van der Waals surface area (Å²) in [7, 11) is -3.57. The first-order valence-corrected chi connectivity index (χ1v) is 12.3. The van der Waals surface area contributed by atoms with Crippen LogP contribution in [0.5, 0.6) is 0 Å². The molecule has 2 aromatic carbocycles. The van der Waals surface area contributed by atoms with Crippen molar-refractivity contribution in [2.45, 2.75) is 43.2 Å². The Labute approximate surface area is 182 Å². The van der Waals surface area contributed by atoms with Crippen molar-refractivity contribution >= 4 is 26.7 Å². The fourth-order valence-corrected chi connectivity index (χ4v) is 5.90. The molecule has 0 unspecified atom stereocenters. The fraction of sp³-hybridized carbons (Fsp3) is 0.375. The number of nitrogens with zero attached hydrogens (tertiary/aromatic N) is 2. The molecule has 2 fully saturated rings. The topological polar surface area (TPSA) is 70.8 Å². The monoisotopic (exact) mass is 438 g/mol. The standard InChI is InChI=1S/C24H26N2O4S/c27-24(26(21-8-9-21)17-22-6-3-15-30-22)19-11-13-25(14-12-19)31(28,29)23-10-7-18-4-1-2-5-20(18)16-23/h1-7,10,15-16,19,21H,8-9,11-14,17H2. The highest BCUT2D eigenvalue weighted by atomic mass is 32.2. The third-order valence-corrected chi connectivity index (χ3v) is 8.23. The van der Waals surface area contributed by atoms with Crippen LogP contribution in [-0.4, -0.2) is 42.7 Å². The van der Waals surface area contributed by atoms with Crippen molar-refractivity contribution in [3.05, 3.63) is 66.6 Å². The predicted molar refractivity (Wildman–Crippen MR) is 118 cm³/mol. The van der Waals surface area contributed by atoms with Crippen LogP contribution in [0.15, 0.2) is 70.2 Å². The second kappa shape index (κ2) is 8.13. The van der Waals surface area contributed by atoms with Gasteiger partial charge in [-0.15, -0.1) is 0 Å². The molecule has 3 aromatic rings. The molecule has 0 spiro atoms. The molecule has 162 valence electrons. The molecule has 31 heavy (non-hydrogen) atoms. The van der Waals surface area contributed by atoms with Crippen molar-refractivity contribution in [3.63, 3.8) is 0 Å². The number of benzene rings is 2. The minimum absolute atomic E-state index is 0.127. The van der Waals surface area contributed by atoms with E-state index in [0.29, 0.717) is 37.4 Å². The Kier molecular flexibility index (Phi) is 5.32. The van der Waals surface area contributed by atoms with Gasteiger partial charge in [-0.3, -0.25) is 4.79 Å². The predicted octanol–water partition coefficient (Wildman–Crippen LogP) is 4.02. The maximum Gasteiger partial charge on any atom is 0.243 e. The molecule has 1 amide bonds. The van der Waals surface area contributed by atoms with Crippen LogP contribution >= 0.6 is 0 Å². The van der Waals surface area contributed by atoms with Gasteiger partial charge in [0, 0.05) is 25.0 Å². The van der Waals surface area contributed by atoms with Gasteiger partial charge in [0.15, 0.2) is 0 Å². The average molecular weight is 439 g/mol. The number of carbonyl (C=O) groups is 1. The first-order valence-electron chi connectivity index (χ1n) is 10.8. The molecule has 1 saturated heterocycles. The van der Waals surface area contributed by atoms with Gasteiger partial charge in [-0.05, 0) is 60.7 Å². The molecule has 1 saturated carbocycles. The lowest BCUT2D eigenvalue weighted by molar-refractivity contribution is -0.138. The zero-order valence-corrected chi connectivity index (χ0v) is 18.1. The highest BCUT2D eigenvalue weighted by molar-refractivity contribution is 7.89. The van der Waals surface area contributed by atoms with Crippen molar-refractivity contribution in [2.75, 3.05) is 13.1 Å². The summed E-state index contributed by atoms with van der Waals surface area (Å²) in [6.45, 7) is 1.22. The lowest BCUT2D eigenvalue weighted by Crippen LogP contribution is -2.44. The number of sulfonamides is 1. The summed E-state index contributed by atoms with van der Waals surface area (Å²) in [6.07, 6.45) is 4.78. The number of piperidine rings is 1. The lowest BCUT2D eigenvalue weighted by Gasteiger charge is -2.33. The number of furan rings is 1. The van der Waals surface area contributed by atoms with E-state index in [1.54, 1.807) is 18.4 Å². The normalized spacial score (nSPS) is 18.3. The van der Waals surface area contributed by atoms with Gasteiger partial charge in [0.25, 0.3) is 0 Å². The molecule has 0 radical (unpaired) electrons. The third kappa shape index (κ3) is 4.12. The first kappa shape index (κ1) is 20.3. The maximum atomic E-state index is 13.2. The average Bonchev–Trinajstić information content (AvgIpc) is 3.51. The fourth-order valence-electron chi connectivity index (χ4n) is 4.40. The molecule has 6 nitrogen and oxygen atoms in total. The van der Waals surface area contributed by atoms with E-state index in [0.717, 1.165) is 29.4 Å². The van der Waals surface area contributed by atoms with Crippen LogP contribution < -0.4 is 0 Å². The maximum absolute atomic E-state index is 13.2. The Morgan fingerprint density at radius 3 is 2.39 bits per heavy atom. The smallest absolute Gasteiger partial charge is 0.243 e. The molecule has 7 heteroatoms. The van der Waals surface area contributed by atoms with E-state index in [4.69, 9.17) is 4.42 Å². The van der Waals surface area contributed by atoms with E-state index < -0.39 is 10.0 Å². The van der Waals surface area contributed by atoms with E-state index in [2.05, 4.69) is 0 Å². The quantitative estimate of drug-likeness (QED) is 0.583. The van der Waals surface area contributed by atoms with Crippen LogP contribution in [0.4, 0.5) is 0 Å². The summed E-state index contributed by atoms with van der Waals surface area (Å²) in [5, 5.41) is 1.93. The van der Waals surface area contributed by atoms with Gasteiger partial charge in [-0.2, -0.15) is 4.31 Å². The molecule has 2 aliphatic rings. The first-order chi connectivity index (χ1) is 15.0. The van der Waals surface area contributed by atoms with Crippen LogP contribution in [0.1, 0.15) is 31.4 Å². The second-order valence-corrected chi connectivity index (χ2v) is 10.4. The van der Waals surface area contributed by atoms with E-state index in [1.807, 2.05) is 47.4 Å². The Morgan fingerprint density at radius 2 is 1.71 bits per heavy atom. The molecule has 0 bridgehead atoms. The zero-order valence-electron chi connectivity index (χ0n) is 17.3. The van der Waals surface area contributed by atoms with Crippen LogP contribution in [0.25, 0.3) is 10.8 Å². The van der Waals surface area contributed by atoms with Crippen LogP contribution in [0, 0.1) is 5.92 Å². The van der Waals surface area contributed by atoms with Gasteiger partial charge in [-0.25, -0.2) is 8.42 Å². The Hall–Kier alpha value is -2.64. The van der Waals surface area contributed by atoms with Crippen molar-refractivity contribution in [1.29, 1.82) is 0 Å². The molecule has 1 aliphatic heterocycles. The van der Waals surface area contributed by atoms with E-state index >= 15 is 0 Å². The number of amides is 1. The van der Waals surface area contributed by atoms with Crippen LogP contribution in [-0.2, 0) is 21.4 Å². The zero-order chi connectivity index (χ0) is 21.4. The van der Waals surface area contributed by atoms with Gasteiger partial charge < -0.3 is 9.32 Å². The number of rotatable bonds is 6. The molecule has 0 atom stereocenters. The molecule has 0 N–H and O–H groups in total. The number of carbonyl (C=O) groups excluding carboxylic acids is 1. The minimum atomic E-state index is -3.57. The Balaban J connectivity index is 1.27. The largest absolute Gasteiger partial charge is 0.467 e. The molecule has 1 aromatic heterocycles. The number of hydrogen-bond acceptors (Lipinski definition) is 4. The summed E-state index contributed by atoms with van der Waals surface area (Å²) in [5.41, 5.74) is 0. The van der Waals surface area contributed by atoms with E-state index in [1.165, 1.54) is 4.31 Å². The highest BCUT2D eigenvalue weighted by Crippen LogP contribution is 2.33. The Morgan fingerprint density at radius 1 is 0.968 bits per heavy atom. The third-order valence-electron chi connectivity index (χ3n) is 6.34. The Bertz CT molecular complexity index is 1180. The number of fused-ring (bicyclic) bond motifs is 1. The summed E-state index contributed by atoms with van der Waals surface area (Å²) < 4.78 is 33.3. The second-order valence-electron chi connectivity index (χ2n) is 8.46. The summed E-state index contributed by atoms with van der Waals surface area (Å²) >= 11 is 0. The van der Waals surface area contributed by atoms with Crippen molar-refractivity contribution in [3.8, 4) is 0 Å². The summed E-state index contributed by atoms with van der Waals surface area (Å²) in [6, 6.07) is 17.0. The molecular weight excluding hydrogens is 412 g/mol. The van der Waals surface area contributed by atoms with Crippen molar-refractivity contribution in [1.82, 2.24) is 9.21 Å². The minimum Gasteiger partial charge on any atom is -0.467 e. The summed E-state index contributed by atoms with van der Waals surface area (Å²) in [4.78, 5) is 15.4.